The number of esters is 2. The molecule has 4 rings (SSSR count). The highest BCUT2D eigenvalue weighted by atomic mass is 35.5. The minimum atomic E-state index is -0.696. The van der Waals surface area contributed by atoms with Crippen molar-refractivity contribution in [2.75, 3.05) is 14.1 Å². The fraction of sp³-hybridized carbons (Fsp3) is 0.222. The van der Waals surface area contributed by atoms with Gasteiger partial charge in [0.2, 0.25) is 0 Å². The molecule has 0 bridgehead atoms. The Bertz CT molecular complexity index is 1560. The summed E-state index contributed by atoms with van der Waals surface area (Å²) in [6, 6.07) is 30.3. The molecule has 2 N–H and O–H groups in total. The third-order valence-corrected chi connectivity index (χ3v) is 11.1. The highest BCUT2D eigenvalue weighted by molar-refractivity contribution is 8.00. The van der Waals surface area contributed by atoms with Crippen LogP contribution in [0.25, 0.3) is 0 Å². The van der Waals surface area contributed by atoms with Crippen LogP contribution in [0.5, 0.6) is 0 Å². The van der Waals surface area contributed by atoms with E-state index in [0.29, 0.717) is 32.9 Å². The van der Waals surface area contributed by atoms with Gasteiger partial charge >= 0.3 is 11.9 Å². The maximum Gasteiger partial charge on any atom is 0.332 e. The highest BCUT2D eigenvalue weighted by Crippen LogP contribution is 2.44. The number of carbonyl (C=O) groups is 2. The van der Waals surface area contributed by atoms with Gasteiger partial charge in [0.25, 0.3) is 0 Å². The van der Waals surface area contributed by atoms with Crippen LogP contribution < -0.4 is 10.6 Å². The number of halogens is 4. The van der Waals surface area contributed by atoms with Gasteiger partial charge < -0.3 is 9.47 Å². The molecular formula is C36H34Cl4N2O4S2. The molecule has 4 aromatic carbocycles. The monoisotopic (exact) mass is 762 g/mol. The molecule has 0 fully saturated rings. The first kappa shape index (κ1) is 38.1. The normalized spacial score (nSPS) is 13.9. The van der Waals surface area contributed by atoms with E-state index in [1.165, 1.54) is 23.5 Å². The van der Waals surface area contributed by atoms with E-state index in [1.54, 1.807) is 38.4 Å². The molecule has 0 amide bonds. The second kappa shape index (κ2) is 19.5. The van der Waals surface area contributed by atoms with Crippen molar-refractivity contribution in [3.05, 3.63) is 140 Å². The summed E-state index contributed by atoms with van der Waals surface area (Å²) in [5, 5.41) is 8.12. The Morgan fingerprint density at radius 2 is 1.00 bits per heavy atom. The van der Waals surface area contributed by atoms with Crippen molar-refractivity contribution in [2.24, 2.45) is 0 Å². The molecule has 0 radical (unpaired) electrons. The second-order valence-corrected chi connectivity index (χ2v) is 14.6. The molecule has 0 aliphatic rings. The molecule has 4 unspecified atom stereocenters. The lowest BCUT2D eigenvalue weighted by molar-refractivity contribution is -0.147. The lowest BCUT2D eigenvalue weighted by Crippen LogP contribution is -2.32. The number of thioether (sulfide) groups is 2. The van der Waals surface area contributed by atoms with Crippen molar-refractivity contribution >= 4 is 81.9 Å². The van der Waals surface area contributed by atoms with Crippen LogP contribution in [0, 0.1) is 0 Å². The zero-order chi connectivity index (χ0) is 34.5. The van der Waals surface area contributed by atoms with Crippen LogP contribution in [-0.4, -0.2) is 38.5 Å². The molecule has 48 heavy (non-hydrogen) atoms. The standard InChI is InChI=1S/C36H34Cl4N2O4S2/c1-41-33(21-29(23-9-5-3-6-10-23)47-31-19-25(37)13-15-27(31)39)45-35(43)17-18-36(44)46-34(42-2)22-30(24-11-7-4-8-12-24)48-32-20-26(38)14-16-28(32)40/h3-20,29-30,33-34,41-42H,21-22H2,1-2H3/b18-17+. The Kier molecular flexibility index (Phi) is 15.5. The summed E-state index contributed by atoms with van der Waals surface area (Å²) in [7, 11) is 3.40. The van der Waals surface area contributed by atoms with E-state index < -0.39 is 24.4 Å². The molecule has 0 heterocycles. The third kappa shape index (κ3) is 12.0. The van der Waals surface area contributed by atoms with E-state index in [0.717, 1.165) is 33.1 Å². The molecule has 0 aromatic heterocycles. The van der Waals surface area contributed by atoms with Crippen molar-refractivity contribution < 1.29 is 19.1 Å². The Labute approximate surface area is 309 Å². The molecule has 0 spiro atoms. The summed E-state index contributed by atoms with van der Waals surface area (Å²) in [4.78, 5) is 27.3. The average molecular weight is 765 g/mol. The molecule has 12 heteroatoms. The molecular weight excluding hydrogens is 730 g/mol. The summed E-state index contributed by atoms with van der Waals surface area (Å²) in [6.45, 7) is 0. The fourth-order valence-electron chi connectivity index (χ4n) is 4.62. The maximum absolute atomic E-state index is 12.8. The van der Waals surface area contributed by atoms with Crippen LogP contribution in [0.3, 0.4) is 0 Å². The Morgan fingerprint density at radius 1 is 0.625 bits per heavy atom. The van der Waals surface area contributed by atoms with E-state index >= 15 is 0 Å². The van der Waals surface area contributed by atoms with Crippen molar-refractivity contribution in [1.29, 1.82) is 0 Å². The van der Waals surface area contributed by atoms with Gasteiger partial charge in [0.1, 0.15) is 0 Å². The van der Waals surface area contributed by atoms with Crippen LogP contribution in [-0.2, 0) is 19.1 Å². The van der Waals surface area contributed by atoms with Crippen molar-refractivity contribution in [3.63, 3.8) is 0 Å². The number of carbonyl (C=O) groups excluding carboxylic acids is 2. The van der Waals surface area contributed by atoms with Crippen LogP contribution >= 0.6 is 69.9 Å². The molecule has 252 valence electrons. The number of benzene rings is 4. The zero-order valence-electron chi connectivity index (χ0n) is 26.1. The zero-order valence-corrected chi connectivity index (χ0v) is 30.7. The molecule has 0 saturated carbocycles. The fourth-order valence-corrected chi connectivity index (χ4v) is 8.08. The SMILES string of the molecule is CNC(CC(Sc1cc(Cl)ccc1Cl)c1ccccc1)OC(=O)/C=C/C(=O)OC(CC(Sc1cc(Cl)ccc1Cl)c1ccccc1)NC. The van der Waals surface area contributed by atoms with E-state index in [9.17, 15) is 9.59 Å². The lowest BCUT2D eigenvalue weighted by atomic mass is 10.1. The number of hydrogen-bond donors (Lipinski definition) is 2. The minimum absolute atomic E-state index is 0.130. The van der Waals surface area contributed by atoms with Gasteiger partial charge in [-0.2, -0.15) is 0 Å². The van der Waals surface area contributed by atoms with E-state index in [4.69, 9.17) is 55.9 Å². The smallest absolute Gasteiger partial charge is 0.332 e. The number of hydrogen-bond acceptors (Lipinski definition) is 8. The van der Waals surface area contributed by atoms with Crippen LogP contribution in [0.1, 0.15) is 34.5 Å². The van der Waals surface area contributed by atoms with E-state index in [2.05, 4.69) is 10.6 Å². The van der Waals surface area contributed by atoms with Crippen molar-refractivity contribution in [2.45, 2.75) is 45.6 Å². The minimum Gasteiger partial charge on any atom is -0.443 e. The van der Waals surface area contributed by atoms with Gasteiger partial charge in [0, 0.05) is 55.3 Å². The van der Waals surface area contributed by atoms with Gasteiger partial charge in [-0.1, -0.05) is 107 Å². The Morgan fingerprint density at radius 3 is 1.35 bits per heavy atom. The quantitative estimate of drug-likeness (QED) is 0.0506. The van der Waals surface area contributed by atoms with Gasteiger partial charge in [0.15, 0.2) is 12.5 Å². The summed E-state index contributed by atoms with van der Waals surface area (Å²) in [5.74, 6) is -1.39. The molecule has 4 atom stereocenters. The molecule has 0 saturated heterocycles. The third-order valence-electron chi connectivity index (χ3n) is 7.04. The number of nitrogens with one attached hydrogen (secondary N) is 2. The number of rotatable bonds is 16. The predicted octanol–water partition coefficient (Wildman–Crippen LogP) is 10.2. The summed E-state index contributed by atoms with van der Waals surface area (Å²) < 4.78 is 11.4. The maximum atomic E-state index is 12.8. The highest BCUT2D eigenvalue weighted by Gasteiger charge is 2.24. The predicted molar refractivity (Wildman–Crippen MR) is 199 cm³/mol. The first-order valence-corrected chi connectivity index (χ1v) is 18.2. The molecule has 6 nitrogen and oxygen atoms in total. The van der Waals surface area contributed by atoms with E-state index in [1.807, 2.05) is 72.8 Å². The Hall–Kier alpha value is -2.66. The van der Waals surface area contributed by atoms with Crippen molar-refractivity contribution in [3.8, 4) is 0 Å². The summed E-state index contributed by atoms with van der Waals surface area (Å²) in [5.41, 5.74) is 2.05. The van der Waals surface area contributed by atoms with Gasteiger partial charge in [-0.05, 0) is 61.6 Å². The second-order valence-electron chi connectivity index (χ2n) is 10.4. The Balaban J connectivity index is 1.39. The average Bonchev–Trinajstić information content (AvgIpc) is 3.09. The van der Waals surface area contributed by atoms with Gasteiger partial charge in [-0.15, -0.1) is 23.5 Å². The van der Waals surface area contributed by atoms with Crippen LogP contribution in [0.15, 0.2) is 119 Å². The van der Waals surface area contributed by atoms with Crippen molar-refractivity contribution in [1.82, 2.24) is 10.6 Å². The van der Waals surface area contributed by atoms with Gasteiger partial charge in [0.05, 0.1) is 10.0 Å². The summed E-state index contributed by atoms with van der Waals surface area (Å²) >= 11 is 28.4. The van der Waals surface area contributed by atoms with E-state index in [-0.39, 0.29) is 10.5 Å². The molecule has 0 aliphatic heterocycles. The lowest BCUT2D eigenvalue weighted by Gasteiger charge is -2.24. The summed E-state index contributed by atoms with van der Waals surface area (Å²) in [6.07, 6.45) is 1.62. The largest absolute Gasteiger partial charge is 0.443 e. The first-order valence-electron chi connectivity index (χ1n) is 14.9. The van der Waals surface area contributed by atoms with Gasteiger partial charge in [-0.3, -0.25) is 10.6 Å². The van der Waals surface area contributed by atoms with Gasteiger partial charge in [-0.25, -0.2) is 9.59 Å². The first-order chi connectivity index (χ1) is 23.1. The molecule has 0 aliphatic carbocycles. The van der Waals surface area contributed by atoms with Crippen LogP contribution in [0.4, 0.5) is 0 Å². The van der Waals surface area contributed by atoms with Crippen LogP contribution in [0.2, 0.25) is 20.1 Å². The topological polar surface area (TPSA) is 76.7 Å². The molecule has 4 aromatic rings. The number of ether oxygens (including phenoxy) is 2.